The van der Waals surface area contributed by atoms with E-state index in [1.807, 2.05) is 6.92 Å². The van der Waals surface area contributed by atoms with Crippen LogP contribution in [0.3, 0.4) is 0 Å². The van der Waals surface area contributed by atoms with Gasteiger partial charge in [-0.25, -0.2) is 4.79 Å². The lowest BCUT2D eigenvalue weighted by Crippen LogP contribution is -2.53. The van der Waals surface area contributed by atoms with Crippen LogP contribution in [0.5, 0.6) is 5.75 Å². The largest absolute Gasteiger partial charge is 0.508 e. The van der Waals surface area contributed by atoms with Gasteiger partial charge >= 0.3 is 6.03 Å². The summed E-state index contributed by atoms with van der Waals surface area (Å²) in [6.07, 6.45) is 0. The van der Waals surface area contributed by atoms with E-state index in [-0.39, 0.29) is 24.2 Å². The Morgan fingerprint density at radius 2 is 1.92 bits per heavy atom. The lowest BCUT2D eigenvalue weighted by molar-refractivity contribution is 0.0664. The van der Waals surface area contributed by atoms with Crippen LogP contribution in [0, 0.1) is 6.92 Å². The summed E-state index contributed by atoms with van der Waals surface area (Å²) < 4.78 is 5.05. The lowest BCUT2D eigenvalue weighted by Gasteiger charge is -2.34. The number of carbonyl (C=O) groups is 2. The summed E-state index contributed by atoms with van der Waals surface area (Å²) >= 11 is 0. The first-order valence-corrected chi connectivity index (χ1v) is 8.06. The summed E-state index contributed by atoms with van der Waals surface area (Å²) in [5.41, 5.74) is 1.21. The van der Waals surface area contributed by atoms with Crippen molar-refractivity contribution in [2.24, 2.45) is 0 Å². The maximum Gasteiger partial charge on any atom is 0.317 e. The molecule has 1 aromatic heterocycles. The average molecular weight is 344 g/mol. The molecule has 1 fully saturated rings. The minimum Gasteiger partial charge on any atom is -0.508 e. The second-order valence-electron chi connectivity index (χ2n) is 5.92. The molecule has 1 aromatic carbocycles. The minimum absolute atomic E-state index is 0.0616. The Balaban J connectivity index is 1.49. The van der Waals surface area contributed by atoms with Gasteiger partial charge in [-0.15, -0.1) is 0 Å². The van der Waals surface area contributed by atoms with E-state index in [0.29, 0.717) is 37.5 Å². The zero-order valence-corrected chi connectivity index (χ0v) is 13.9. The van der Waals surface area contributed by atoms with Crippen LogP contribution in [-0.2, 0) is 6.54 Å². The average Bonchev–Trinajstić information content (AvgIpc) is 3.04. The van der Waals surface area contributed by atoms with Crippen LogP contribution in [0.15, 0.2) is 34.9 Å². The van der Waals surface area contributed by atoms with Gasteiger partial charge in [0.1, 0.15) is 5.75 Å². The van der Waals surface area contributed by atoms with E-state index in [2.05, 4.69) is 10.5 Å². The summed E-state index contributed by atoms with van der Waals surface area (Å²) in [6.45, 7) is 3.89. The van der Waals surface area contributed by atoms with Crippen molar-refractivity contribution in [2.45, 2.75) is 13.5 Å². The fraction of sp³-hybridized carbons (Fsp3) is 0.353. The summed E-state index contributed by atoms with van der Waals surface area (Å²) in [4.78, 5) is 27.9. The second-order valence-corrected chi connectivity index (χ2v) is 5.92. The third-order valence-electron chi connectivity index (χ3n) is 4.04. The van der Waals surface area contributed by atoms with E-state index < -0.39 is 0 Å². The summed E-state index contributed by atoms with van der Waals surface area (Å²) in [5.74, 6) is 0.517. The molecule has 0 aliphatic carbocycles. The number of benzene rings is 1. The topological polar surface area (TPSA) is 98.9 Å². The standard InChI is InChI=1S/C17H20N4O4/c1-12-9-15(25-19-12)11-18-17(24)21-7-5-20(6-8-21)16(23)13-3-2-4-14(22)10-13/h2-4,9-10,22H,5-8,11H2,1H3,(H,18,24). The number of aryl methyl sites for hydroxylation is 1. The molecular weight excluding hydrogens is 324 g/mol. The van der Waals surface area contributed by atoms with Gasteiger partial charge in [-0.1, -0.05) is 11.2 Å². The molecule has 2 N–H and O–H groups in total. The van der Waals surface area contributed by atoms with Gasteiger partial charge < -0.3 is 24.7 Å². The molecule has 132 valence electrons. The zero-order chi connectivity index (χ0) is 17.8. The van der Waals surface area contributed by atoms with Crippen molar-refractivity contribution in [3.05, 3.63) is 47.3 Å². The van der Waals surface area contributed by atoms with Crippen molar-refractivity contribution in [3.8, 4) is 5.75 Å². The van der Waals surface area contributed by atoms with Gasteiger partial charge in [-0.05, 0) is 25.1 Å². The van der Waals surface area contributed by atoms with E-state index in [4.69, 9.17) is 4.52 Å². The van der Waals surface area contributed by atoms with Crippen molar-refractivity contribution >= 4 is 11.9 Å². The molecule has 0 saturated carbocycles. The number of carbonyl (C=O) groups excluding carboxylic acids is 2. The molecule has 8 heteroatoms. The number of nitrogens with one attached hydrogen (secondary N) is 1. The Labute approximate surface area is 145 Å². The highest BCUT2D eigenvalue weighted by molar-refractivity contribution is 5.94. The predicted molar refractivity (Wildman–Crippen MR) is 89.1 cm³/mol. The first-order valence-electron chi connectivity index (χ1n) is 8.06. The van der Waals surface area contributed by atoms with Gasteiger partial charge in [0, 0.05) is 37.8 Å². The second kappa shape index (κ2) is 7.25. The molecule has 1 saturated heterocycles. The maximum atomic E-state index is 12.4. The van der Waals surface area contributed by atoms with Crippen molar-refractivity contribution in [1.29, 1.82) is 0 Å². The Bertz CT molecular complexity index is 766. The molecule has 0 atom stereocenters. The van der Waals surface area contributed by atoms with Crippen LogP contribution in [0.1, 0.15) is 21.8 Å². The van der Waals surface area contributed by atoms with Gasteiger partial charge in [0.15, 0.2) is 5.76 Å². The molecule has 0 unspecified atom stereocenters. The van der Waals surface area contributed by atoms with Crippen LogP contribution >= 0.6 is 0 Å². The van der Waals surface area contributed by atoms with E-state index in [0.717, 1.165) is 5.69 Å². The Morgan fingerprint density at radius 3 is 2.56 bits per heavy atom. The van der Waals surface area contributed by atoms with Crippen molar-refractivity contribution < 1.29 is 19.2 Å². The Kier molecular flexibility index (Phi) is 4.87. The molecule has 1 aliphatic rings. The summed E-state index contributed by atoms with van der Waals surface area (Å²) in [6, 6.07) is 7.85. The van der Waals surface area contributed by atoms with Gasteiger partial charge in [0.05, 0.1) is 12.2 Å². The molecule has 0 spiro atoms. The number of nitrogens with zero attached hydrogens (tertiary/aromatic N) is 3. The zero-order valence-electron chi connectivity index (χ0n) is 13.9. The molecule has 0 bridgehead atoms. The van der Waals surface area contributed by atoms with E-state index in [1.165, 1.54) is 12.1 Å². The minimum atomic E-state index is -0.196. The molecule has 2 heterocycles. The van der Waals surface area contributed by atoms with E-state index >= 15 is 0 Å². The fourth-order valence-electron chi connectivity index (χ4n) is 2.71. The smallest absolute Gasteiger partial charge is 0.317 e. The quantitative estimate of drug-likeness (QED) is 0.876. The first-order chi connectivity index (χ1) is 12.0. The monoisotopic (exact) mass is 344 g/mol. The van der Waals surface area contributed by atoms with Crippen LogP contribution in [-0.4, -0.2) is 58.2 Å². The van der Waals surface area contributed by atoms with Gasteiger partial charge in [-0.2, -0.15) is 0 Å². The van der Waals surface area contributed by atoms with Crippen molar-refractivity contribution in [3.63, 3.8) is 0 Å². The summed E-state index contributed by atoms with van der Waals surface area (Å²) in [7, 11) is 0. The normalized spacial score (nSPS) is 14.4. The van der Waals surface area contributed by atoms with Crippen LogP contribution < -0.4 is 5.32 Å². The third kappa shape index (κ3) is 4.09. The number of urea groups is 1. The number of aromatic nitrogens is 1. The van der Waals surface area contributed by atoms with Crippen LogP contribution in [0.2, 0.25) is 0 Å². The number of hydrogen-bond donors (Lipinski definition) is 2. The Hall–Kier alpha value is -3.03. The number of piperazine rings is 1. The molecule has 25 heavy (non-hydrogen) atoms. The lowest BCUT2D eigenvalue weighted by atomic mass is 10.1. The van der Waals surface area contributed by atoms with Crippen LogP contribution in [0.4, 0.5) is 4.79 Å². The predicted octanol–water partition coefficient (Wildman–Crippen LogP) is 1.36. The first kappa shape index (κ1) is 16.8. The van der Waals surface area contributed by atoms with E-state index in [9.17, 15) is 14.7 Å². The number of hydrogen-bond acceptors (Lipinski definition) is 5. The molecule has 2 aromatic rings. The van der Waals surface area contributed by atoms with Gasteiger partial charge in [0.25, 0.3) is 5.91 Å². The van der Waals surface area contributed by atoms with Crippen molar-refractivity contribution in [1.82, 2.24) is 20.3 Å². The van der Waals surface area contributed by atoms with Gasteiger partial charge in [-0.3, -0.25) is 4.79 Å². The number of amides is 3. The maximum absolute atomic E-state index is 12.4. The SMILES string of the molecule is Cc1cc(CNC(=O)N2CCN(C(=O)c3cccc(O)c3)CC2)on1. The molecule has 1 aliphatic heterocycles. The highest BCUT2D eigenvalue weighted by atomic mass is 16.5. The van der Waals surface area contributed by atoms with Crippen LogP contribution in [0.25, 0.3) is 0 Å². The fourth-order valence-corrected chi connectivity index (χ4v) is 2.71. The third-order valence-corrected chi connectivity index (χ3v) is 4.04. The summed E-state index contributed by atoms with van der Waals surface area (Å²) in [5, 5.41) is 16.0. The molecule has 0 radical (unpaired) electrons. The number of phenolic OH excluding ortho intramolecular Hbond substituents is 1. The molecule has 8 nitrogen and oxygen atoms in total. The van der Waals surface area contributed by atoms with E-state index in [1.54, 1.807) is 28.0 Å². The van der Waals surface area contributed by atoms with Crippen molar-refractivity contribution in [2.75, 3.05) is 26.2 Å². The highest BCUT2D eigenvalue weighted by Crippen LogP contribution is 2.14. The Morgan fingerprint density at radius 1 is 1.20 bits per heavy atom. The number of rotatable bonds is 3. The number of phenols is 1. The molecule has 3 rings (SSSR count). The molecule has 3 amide bonds. The highest BCUT2D eigenvalue weighted by Gasteiger charge is 2.25. The van der Waals surface area contributed by atoms with Gasteiger partial charge in [0.2, 0.25) is 0 Å². The molecular formula is C17H20N4O4. The number of aromatic hydroxyl groups is 1.